The first-order valence-electron chi connectivity index (χ1n) is 11.4. The first-order chi connectivity index (χ1) is 14.8. The van der Waals surface area contributed by atoms with Crippen LogP contribution in [0, 0.1) is 0 Å². The zero-order valence-electron chi connectivity index (χ0n) is 19.0. The van der Waals surface area contributed by atoms with Crippen LogP contribution in [0.3, 0.4) is 0 Å². The average molecular weight is 546 g/mol. The van der Waals surface area contributed by atoms with E-state index >= 15 is 0 Å². The fraction of sp³-hybridized carbons (Fsp3) is 0.696. The number of hydrogen-bond acceptors (Lipinski definition) is 5. The summed E-state index contributed by atoms with van der Waals surface area (Å²) in [6.07, 6.45) is 5.61. The first kappa shape index (κ1) is 26.0. The van der Waals surface area contributed by atoms with Crippen molar-refractivity contribution in [3.05, 3.63) is 24.3 Å². The maximum atomic E-state index is 5.95. The van der Waals surface area contributed by atoms with Crippen LogP contribution in [0.15, 0.2) is 29.3 Å². The van der Waals surface area contributed by atoms with E-state index < -0.39 is 0 Å². The van der Waals surface area contributed by atoms with Gasteiger partial charge >= 0.3 is 0 Å². The van der Waals surface area contributed by atoms with Gasteiger partial charge in [-0.3, -0.25) is 4.99 Å². The molecule has 0 aliphatic carbocycles. The summed E-state index contributed by atoms with van der Waals surface area (Å²) in [4.78, 5) is 7.18. The highest BCUT2D eigenvalue weighted by Crippen LogP contribution is 2.29. The molecule has 2 heterocycles. The molecule has 1 aromatic carbocycles. The quantitative estimate of drug-likeness (QED) is 0.214. The highest BCUT2D eigenvalue weighted by molar-refractivity contribution is 14.0. The highest BCUT2D eigenvalue weighted by atomic mass is 127. The molecule has 2 aliphatic heterocycles. The SMILES string of the molecule is CCNC(=NCCCOC1CCOCC1)NC1CCCN(c2ccccc2OC)C1.I. The van der Waals surface area contributed by atoms with Crippen LogP contribution in [-0.4, -0.2) is 71.2 Å². The summed E-state index contributed by atoms with van der Waals surface area (Å²) in [5.41, 5.74) is 1.17. The number of ether oxygens (including phenoxy) is 3. The van der Waals surface area contributed by atoms with E-state index in [0.717, 1.165) is 89.8 Å². The van der Waals surface area contributed by atoms with Gasteiger partial charge in [-0.25, -0.2) is 0 Å². The Labute approximate surface area is 204 Å². The van der Waals surface area contributed by atoms with Crippen molar-refractivity contribution in [2.45, 2.75) is 51.2 Å². The van der Waals surface area contributed by atoms with Crippen molar-refractivity contribution in [3.8, 4) is 5.75 Å². The Kier molecular flexibility index (Phi) is 12.4. The average Bonchev–Trinajstić information content (AvgIpc) is 2.80. The minimum absolute atomic E-state index is 0. The molecule has 0 radical (unpaired) electrons. The number of hydrogen-bond donors (Lipinski definition) is 2. The smallest absolute Gasteiger partial charge is 0.191 e. The lowest BCUT2D eigenvalue weighted by atomic mass is 10.0. The molecule has 0 spiro atoms. The van der Waals surface area contributed by atoms with Crippen LogP contribution in [0.1, 0.15) is 39.0 Å². The second kappa shape index (κ2) is 14.7. The number of nitrogens with one attached hydrogen (secondary N) is 2. The molecule has 2 aliphatic rings. The van der Waals surface area contributed by atoms with Crippen molar-refractivity contribution in [2.24, 2.45) is 4.99 Å². The van der Waals surface area contributed by atoms with Gasteiger partial charge in [0.25, 0.3) is 0 Å². The van der Waals surface area contributed by atoms with Crippen molar-refractivity contribution in [3.63, 3.8) is 0 Å². The molecule has 0 amide bonds. The standard InChI is InChI=1S/C23H38N4O3.HI/c1-3-24-23(25-13-7-15-30-20-11-16-29-17-12-20)26-19-8-6-14-27(18-19)21-9-4-5-10-22(21)28-2;/h4-5,9-10,19-20H,3,6-8,11-18H2,1-2H3,(H2,24,25,26);1H. The topological polar surface area (TPSA) is 67.4 Å². The predicted molar refractivity (Wildman–Crippen MR) is 137 cm³/mol. The van der Waals surface area contributed by atoms with Gasteiger partial charge in [0.05, 0.1) is 18.9 Å². The minimum Gasteiger partial charge on any atom is -0.495 e. The number of halogens is 1. The normalized spacial score (nSPS) is 20.1. The van der Waals surface area contributed by atoms with Crippen LogP contribution in [0.25, 0.3) is 0 Å². The molecular formula is C23H39IN4O3. The molecule has 31 heavy (non-hydrogen) atoms. The van der Waals surface area contributed by atoms with E-state index in [1.807, 2.05) is 12.1 Å². The van der Waals surface area contributed by atoms with E-state index in [-0.39, 0.29) is 24.0 Å². The fourth-order valence-corrected chi connectivity index (χ4v) is 4.07. The van der Waals surface area contributed by atoms with E-state index in [9.17, 15) is 0 Å². The summed E-state index contributed by atoms with van der Waals surface area (Å²) in [5, 5.41) is 7.02. The van der Waals surface area contributed by atoms with Gasteiger partial charge in [0.2, 0.25) is 0 Å². The molecule has 1 atom stereocenters. The molecule has 176 valence electrons. The Morgan fingerprint density at radius 1 is 1.23 bits per heavy atom. The Bertz CT molecular complexity index is 655. The minimum atomic E-state index is 0. The predicted octanol–water partition coefficient (Wildman–Crippen LogP) is 3.42. The summed E-state index contributed by atoms with van der Waals surface area (Å²) < 4.78 is 16.9. The van der Waals surface area contributed by atoms with Crippen molar-refractivity contribution < 1.29 is 14.2 Å². The van der Waals surface area contributed by atoms with Gasteiger partial charge in [-0.2, -0.15) is 0 Å². The molecule has 1 aromatic rings. The van der Waals surface area contributed by atoms with Gasteiger partial charge in [0.15, 0.2) is 5.96 Å². The number of nitrogens with zero attached hydrogens (tertiary/aromatic N) is 2. The molecule has 0 bridgehead atoms. The maximum absolute atomic E-state index is 5.95. The monoisotopic (exact) mass is 546 g/mol. The first-order valence-corrected chi connectivity index (χ1v) is 11.4. The lowest BCUT2D eigenvalue weighted by Crippen LogP contribution is -2.51. The summed E-state index contributed by atoms with van der Waals surface area (Å²) in [7, 11) is 1.74. The number of rotatable bonds is 9. The van der Waals surface area contributed by atoms with E-state index in [2.05, 4.69) is 34.6 Å². The largest absolute Gasteiger partial charge is 0.495 e. The van der Waals surface area contributed by atoms with E-state index in [4.69, 9.17) is 19.2 Å². The number of aliphatic imine (C=N–C) groups is 1. The van der Waals surface area contributed by atoms with Crippen LogP contribution in [0.2, 0.25) is 0 Å². The summed E-state index contributed by atoms with van der Waals surface area (Å²) >= 11 is 0. The van der Waals surface area contributed by atoms with Crippen molar-refractivity contribution in [2.75, 3.05) is 58.0 Å². The molecule has 2 fully saturated rings. The lowest BCUT2D eigenvalue weighted by molar-refractivity contribution is -0.0318. The summed E-state index contributed by atoms with van der Waals surface area (Å²) in [6.45, 7) is 8.13. The van der Waals surface area contributed by atoms with Gasteiger partial charge in [0.1, 0.15) is 5.75 Å². The van der Waals surface area contributed by atoms with Gasteiger partial charge < -0.3 is 29.7 Å². The number of anilines is 1. The molecule has 2 saturated heterocycles. The zero-order chi connectivity index (χ0) is 21.0. The maximum Gasteiger partial charge on any atom is 0.191 e. The molecule has 3 rings (SSSR count). The zero-order valence-corrected chi connectivity index (χ0v) is 21.3. The van der Waals surface area contributed by atoms with Crippen molar-refractivity contribution in [1.82, 2.24) is 10.6 Å². The molecular weight excluding hydrogens is 507 g/mol. The molecule has 2 N–H and O–H groups in total. The van der Waals surface area contributed by atoms with Crippen LogP contribution < -0.4 is 20.3 Å². The van der Waals surface area contributed by atoms with Gasteiger partial charge in [-0.1, -0.05) is 12.1 Å². The second-order valence-corrected chi connectivity index (χ2v) is 7.90. The highest BCUT2D eigenvalue weighted by Gasteiger charge is 2.22. The molecule has 0 saturated carbocycles. The Balaban J connectivity index is 0.00000341. The Morgan fingerprint density at radius 3 is 2.81 bits per heavy atom. The van der Waals surface area contributed by atoms with Crippen LogP contribution in [0.5, 0.6) is 5.75 Å². The number of benzene rings is 1. The fourth-order valence-electron chi connectivity index (χ4n) is 4.07. The Hall–Kier alpha value is -1.26. The van der Waals surface area contributed by atoms with Crippen molar-refractivity contribution >= 4 is 35.6 Å². The third-order valence-electron chi connectivity index (χ3n) is 5.63. The van der Waals surface area contributed by atoms with Crippen LogP contribution >= 0.6 is 24.0 Å². The number of methoxy groups -OCH3 is 1. The van der Waals surface area contributed by atoms with Crippen LogP contribution in [-0.2, 0) is 9.47 Å². The third-order valence-corrected chi connectivity index (χ3v) is 5.63. The molecule has 7 nitrogen and oxygen atoms in total. The number of guanidine groups is 1. The van der Waals surface area contributed by atoms with Crippen LogP contribution in [0.4, 0.5) is 5.69 Å². The second-order valence-electron chi connectivity index (χ2n) is 7.90. The van der Waals surface area contributed by atoms with E-state index in [1.165, 1.54) is 5.69 Å². The van der Waals surface area contributed by atoms with Gasteiger partial charge in [-0.15, -0.1) is 24.0 Å². The Morgan fingerprint density at radius 2 is 2.03 bits per heavy atom. The molecule has 0 aromatic heterocycles. The number of para-hydroxylation sites is 2. The third kappa shape index (κ3) is 8.65. The lowest BCUT2D eigenvalue weighted by Gasteiger charge is -2.36. The molecule has 1 unspecified atom stereocenters. The van der Waals surface area contributed by atoms with E-state index in [0.29, 0.717) is 12.1 Å². The van der Waals surface area contributed by atoms with Crippen molar-refractivity contribution in [1.29, 1.82) is 0 Å². The summed E-state index contributed by atoms with van der Waals surface area (Å²) in [6, 6.07) is 8.62. The number of piperidine rings is 1. The van der Waals surface area contributed by atoms with Gasteiger partial charge in [-0.05, 0) is 51.2 Å². The molecule has 8 heteroatoms. The van der Waals surface area contributed by atoms with E-state index in [1.54, 1.807) is 7.11 Å². The summed E-state index contributed by atoms with van der Waals surface area (Å²) in [5.74, 6) is 1.83. The van der Waals surface area contributed by atoms with Gasteiger partial charge in [0, 0.05) is 52.0 Å².